The Morgan fingerprint density at radius 1 is 1.62 bits per heavy atom. The van der Waals surface area contributed by atoms with Crippen LogP contribution in [0.3, 0.4) is 0 Å². The number of aryl methyl sites for hydroxylation is 1. The van der Waals surface area contributed by atoms with Gasteiger partial charge in [0.1, 0.15) is 0 Å². The van der Waals surface area contributed by atoms with Crippen molar-refractivity contribution in [2.75, 3.05) is 14.1 Å². The van der Waals surface area contributed by atoms with Crippen molar-refractivity contribution in [3.63, 3.8) is 0 Å². The van der Waals surface area contributed by atoms with Gasteiger partial charge in [0.05, 0.1) is 13.6 Å². The molecule has 0 spiro atoms. The van der Waals surface area contributed by atoms with Crippen LogP contribution in [0, 0.1) is 0 Å². The lowest BCUT2D eigenvalue weighted by Gasteiger charge is -2.09. The summed E-state index contributed by atoms with van der Waals surface area (Å²) < 4.78 is 0. The van der Waals surface area contributed by atoms with Gasteiger partial charge >= 0.3 is 6.03 Å². The number of aromatic nitrogens is 4. The van der Waals surface area contributed by atoms with Crippen LogP contribution in [-0.2, 0) is 13.6 Å². The molecule has 0 aliphatic carbocycles. The number of rotatable bonds is 2. The molecule has 1 aromatic rings. The molecule has 1 N–H and O–H groups in total. The first-order chi connectivity index (χ1) is 6.09. The number of carbonyl (C=O) groups is 1. The molecule has 1 rings (SSSR count). The van der Waals surface area contributed by atoms with Crippen molar-refractivity contribution in [1.82, 2.24) is 30.4 Å². The van der Waals surface area contributed by atoms with Crippen LogP contribution in [0.5, 0.6) is 0 Å². The third-order valence-electron chi connectivity index (χ3n) is 1.35. The summed E-state index contributed by atoms with van der Waals surface area (Å²) in [5, 5.41) is 13.9. The van der Waals surface area contributed by atoms with Crippen molar-refractivity contribution < 1.29 is 4.79 Å². The van der Waals surface area contributed by atoms with E-state index < -0.39 is 0 Å². The van der Waals surface area contributed by atoms with E-state index >= 15 is 0 Å². The molecule has 7 nitrogen and oxygen atoms in total. The van der Waals surface area contributed by atoms with Crippen molar-refractivity contribution in [2.24, 2.45) is 7.05 Å². The Kier molecular flexibility index (Phi) is 2.78. The van der Waals surface area contributed by atoms with E-state index in [9.17, 15) is 4.79 Å². The van der Waals surface area contributed by atoms with Gasteiger partial charge in [0, 0.05) is 14.1 Å². The molecule has 0 aromatic carbocycles. The molecule has 1 heterocycles. The second-order valence-electron chi connectivity index (χ2n) is 2.75. The quantitative estimate of drug-likeness (QED) is 0.638. The molecule has 0 atom stereocenters. The van der Waals surface area contributed by atoms with E-state index in [2.05, 4.69) is 20.7 Å². The van der Waals surface area contributed by atoms with Gasteiger partial charge in [-0.15, -0.1) is 10.2 Å². The lowest BCUT2D eigenvalue weighted by atomic mass is 10.6. The average molecular weight is 184 g/mol. The van der Waals surface area contributed by atoms with Crippen molar-refractivity contribution in [1.29, 1.82) is 0 Å². The van der Waals surface area contributed by atoms with Crippen LogP contribution in [0.15, 0.2) is 0 Å². The normalized spacial score (nSPS) is 9.77. The monoisotopic (exact) mass is 184 g/mol. The Bertz CT molecular complexity index is 293. The van der Waals surface area contributed by atoms with Gasteiger partial charge in [-0.1, -0.05) is 0 Å². The Labute approximate surface area is 75.7 Å². The first-order valence-corrected chi connectivity index (χ1v) is 3.77. The molecular formula is C6H12N6O. The van der Waals surface area contributed by atoms with E-state index in [4.69, 9.17) is 0 Å². The molecule has 72 valence electrons. The maximum atomic E-state index is 11.1. The Balaban J connectivity index is 2.39. The fraction of sp³-hybridized carbons (Fsp3) is 0.667. The molecule has 0 unspecified atom stereocenters. The summed E-state index contributed by atoms with van der Waals surface area (Å²) in [7, 11) is 5.00. The van der Waals surface area contributed by atoms with Gasteiger partial charge in [-0.2, -0.15) is 4.80 Å². The Morgan fingerprint density at radius 2 is 2.31 bits per heavy atom. The SMILES string of the molecule is CN(C)C(=O)NCc1nnn(C)n1. The fourth-order valence-electron chi connectivity index (χ4n) is 0.707. The lowest BCUT2D eigenvalue weighted by molar-refractivity contribution is 0.216. The van der Waals surface area contributed by atoms with E-state index in [0.29, 0.717) is 12.4 Å². The highest BCUT2D eigenvalue weighted by molar-refractivity contribution is 5.73. The van der Waals surface area contributed by atoms with E-state index in [0.717, 1.165) is 0 Å². The van der Waals surface area contributed by atoms with Crippen LogP contribution < -0.4 is 5.32 Å². The van der Waals surface area contributed by atoms with E-state index in [-0.39, 0.29) is 6.03 Å². The standard InChI is InChI=1S/C6H12N6O/c1-11(2)6(13)7-4-5-8-10-12(3)9-5/h4H2,1-3H3,(H,7,13). The van der Waals surface area contributed by atoms with Crippen molar-refractivity contribution >= 4 is 6.03 Å². The molecular weight excluding hydrogens is 172 g/mol. The molecule has 0 saturated heterocycles. The predicted molar refractivity (Wildman–Crippen MR) is 44.7 cm³/mol. The summed E-state index contributed by atoms with van der Waals surface area (Å²) in [5.74, 6) is 0.498. The second kappa shape index (κ2) is 3.83. The van der Waals surface area contributed by atoms with Gasteiger partial charge in [0.25, 0.3) is 0 Å². The maximum absolute atomic E-state index is 11.1. The summed E-state index contributed by atoms with van der Waals surface area (Å²) in [6, 6.07) is -0.174. The molecule has 0 aliphatic rings. The maximum Gasteiger partial charge on any atom is 0.317 e. The molecule has 1 aromatic heterocycles. The van der Waals surface area contributed by atoms with Gasteiger partial charge in [-0.05, 0) is 5.21 Å². The van der Waals surface area contributed by atoms with Gasteiger partial charge in [0.15, 0.2) is 5.82 Å². The van der Waals surface area contributed by atoms with Crippen molar-refractivity contribution in [2.45, 2.75) is 6.54 Å². The predicted octanol–water partition coefficient (Wildman–Crippen LogP) is -1.02. The minimum absolute atomic E-state index is 0.174. The van der Waals surface area contributed by atoms with Crippen LogP contribution in [0.4, 0.5) is 4.79 Å². The zero-order valence-corrected chi connectivity index (χ0v) is 7.85. The topological polar surface area (TPSA) is 75.9 Å². The smallest absolute Gasteiger partial charge is 0.317 e. The van der Waals surface area contributed by atoms with E-state index in [1.54, 1.807) is 21.1 Å². The van der Waals surface area contributed by atoms with Crippen molar-refractivity contribution in [3.8, 4) is 0 Å². The molecule has 0 fully saturated rings. The average Bonchev–Trinajstić information content (AvgIpc) is 2.47. The molecule has 0 radical (unpaired) electrons. The summed E-state index contributed by atoms with van der Waals surface area (Å²) in [6.45, 7) is 0.296. The Morgan fingerprint density at radius 3 is 2.77 bits per heavy atom. The third kappa shape index (κ3) is 2.69. The minimum Gasteiger partial charge on any atom is -0.331 e. The van der Waals surface area contributed by atoms with E-state index in [1.807, 2.05) is 0 Å². The fourth-order valence-corrected chi connectivity index (χ4v) is 0.707. The number of amides is 2. The highest BCUT2D eigenvalue weighted by Crippen LogP contribution is 1.85. The summed E-state index contributed by atoms with van der Waals surface area (Å²) >= 11 is 0. The molecule has 7 heteroatoms. The van der Waals surface area contributed by atoms with Gasteiger partial charge in [0.2, 0.25) is 0 Å². The summed E-state index contributed by atoms with van der Waals surface area (Å²) in [5.41, 5.74) is 0. The molecule has 2 amide bonds. The van der Waals surface area contributed by atoms with Crippen LogP contribution in [-0.4, -0.2) is 45.2 Å². The number of urea groups is 1. The number of nitrogens with zero attached hydrogens (tertiary/aromatic N) is 5. The highest BCUT2D eigenvalue weighted by Gasteiger charge is 2.04. The van der Waals surface area contributed by atoms with E-state index in [1.165, 1.54) is 9.70 Å². The zero-order chi connectivity index (χ0) is 9.84. The van der Waals surface area contributed by atoms with Crippen molar-refractivity contribution in [3.05, 3.63) is 5.82 Å². The molecule has 0 saturated carbocycles. The molecule has 0 aliphatic heterocycles. The second-order valence-corrected chi connectivity index (χ2v) is 2.75. The first kappa shape index (κ1) is 9.43. The number of carbonyl (C=O) groups excluding carboxylic acids is 1. The number of hydrogen-bond acceptors (Lipinski definition) is 4. The third-order valence-corrected chi connectivity index (χ3v) is 1.35. The van der Waals surface area contributed by atoms with Crippen LogP contribution in [0.25, 0.3) is 0 Å². The highest BCUT2D eigenvalue weighted by atomic mass is 16.2. The van der Waals surface area contributed by atoms with Crippen LogP contribution in [0.1, 0.15) is 5.82 Å². The Hall–Kier alpha value is -1.66. The first-order valence-electron chi connectivity index (χ1n) is 3.77. The summed E-state index contributed by atoms with van der Waals surface area (Å²) in [6.07, 6.45) is 0. The van der Waals surface area contributed by atoms with Crippen LogP contribution >= 0.6 is 0 Å². The molecule has 13 heavy (non-hydrogen) atoms. The zero-order valence-electron chi connectivity index (χ0n) is 7.85. The largest absolute Gasteiger partial charge is 0.331 e. The lowest BCUT2D eigenvalue weighted by Crippen LogP contribution is -2.34. The molecule has 0 bridgehead atoms. The van der Waals surface area contributed by atoms with Gasteiger partial charge in [-0.3, -0.25) is 0 Å². The summed E-state index contributed by atoms with van der Waals surface area (Å²) in [4.78, 5) is 13.8. The number of nitrogens with one attached hydrogen (secondary N) is 1. The van der Waals surface area contributed by atoms with Gasteiger partial charge in [-0.25, -0.2) is 4.79 Å². The van der Waals surface area contributed by atoms with Gasteiger partial charge < -0.3 is 10.2 Å². The van der Waals surface area contributed by atoms with Crippen LogP contribution in [0.2, 0.25) is 0 Å². The number of tetrazole rings is 1. The number of hydrogen-bond donors (Lipinski definition) is 1. The minimum atomic E-state index is -0.174.